The Kier molecular flexibility index (Phi) is 56.5. The van der Waals surface area contributed by atoms with Crippen LogP contribution in [-0.2, 0) is 16.1 Å². The number of nitrogens with zero attached hydrogens (tertiary/aromatic N) is 7. The molecule has 3 aromatic rings. The second-order valence-corrected chi connectivity index (χ2v) is 31.0. The second-order valence-electron chi connectivity index (χ2n) is 31.0. The van der Waals surface area contributed by atoms with Crippen LogP contribution in [0.2, 0.25) is 0 Å². The molecule has 0 saturated heterocycles. The van der Waals surface area contributed by atoms with Gasteiger partial charge in [0, 0.05) is 49.7 Å². The van der Waals surface area contributed by atoms with Crippen molar-refractivity contribution in [1.29, 1.82) is 0 Å². The zero-order valence-electron chi connectivity index (χ0n) is 67.4. The number of aromatic nitrogens is 2. The third kappa shape index (κ3) is 46.6. The molecule has 2 atom stereocenters. The van der Waals surface area contributed by atoms with Gasteiger partial charge in [-0.15, -0.1) is 0 Å². The van der Waals surface area contributed by atoms with Gasteiger partial charge in [0.15, 0.2) is 18.8 Å². The van der Waals surface area contributed by atoms with Gasteiger partial charge >= 0.3 is 6.34 Å². The summed E-state index contributed by atoms with van der Waals surface area (Å²) in [6, 6.07) is 12.5. The van der Waals surface area contributed by atoms with E-state index in [1.807, 2.05) is 44.3 Å². The molecule has 4 amide bonds. The van der Waals surface area contributed by atoms with E-state index >= 15 is 0 Å². The zero-order chi connectivity index (χ0) is 74.1. The highest BCUT2D eigenvalue weighted by molar-refractivity contribution is 5.98. The van der Waals surface area contributed by atoms with E-state index in [1.54, 1.807) is 61.1 Å². The van der Waals surface area contributed by atoms with Crippen LogP contribution < -0.4 is 16.0 Å². The number of unbranched alkanes of at least 4 members (excludes halogenated alkanes) is 52. The second kappa shape index (κ2) is 64.7. The summed E-state index contributed by atoms with van der Waals surface area (Å²) in [5.41, 5.74) is 1.98. The minimum Gasteiger partial charge on any atom is -0.341 e. The quantitative estimate of drug-likeness (QED) is 0.0291. The first-order valence-electron chi connectivity index (χ1n) is 44.1. The van der Waals surface area contributed by atoms with E-state index in [2.05, 4.69) is 58.4 Å². The summed E-state index contributed by atoms with van der Waals surface area (Å²) < 4.78 is 3.87. The smallest absolute Gasteiger partial charge is 0.333 e. The molecular weight excluding hydrogens is 1290 g/mol. The van der Waals surface area contributed by atoms with Crippen LogP contribution in [0.4, 0.5) is 11.4 Å². The Morgan fingerprint density at radius 1 is 0.385 bits per heavy atom. The summed E-state index contributed by atoms with van der Waals surface area (Å²) in [7, 11) is 0. The standard InChI is InChI=1S/C90H154N10O4/c1-5-9-13-17-21-25-29-33-37-41-45-49-53-57-71-99(72-58-54-50-46-42-38-34-30-26-22-18-14-10-6-2)89(103)85(77-97-75-69-91-79-97)93-87(101)81-61-65-83(66-62-81)95-96-84-67-63-82(64-68-84)88(102)94-86(78-98-76-70-92-80-98)90(104)100(73-59-55-51-47-43-39-35-31-27-23-19-15-11-7-3)74-60-56-52-48-44-40-36-32-28-24-20-16-12-8-4/h61-70,75-76,79-80,85-86H,5-60,71-74,77-78H2,1-4H3,(H2,93,94,101,102)/p+2/t85-,86-/m0/s1. The van der Waals surface area contributed by atoms with E-state index in [0.29, 0.717) is 55.2 Å². The fourth-order valence-electron chi connectivity index (χ4n) is 14.7. The minimum absolute atomic E-state index is 0.0176. The highest BCUT2D eigenvalue weighted by Crippen LogP contribution is 2.23. The van der Waals surface area contributed by atoms with E-state index in [1.165, 1.54) is 308 Å². The maximum atomic E-state index is 14.8. The summed E-state index contributed by atoms with van der Waals surface area (Å²) in [6.45, 7) is 12.6. The molecule has 0 unspecified atom stereocenters. The summed E-state index contributed by atoms with van der Waals surface area (Å²) in [5, 5.41) is 17.3. The third-order valence-electron chi connectivity index (χ3n) is 21.5. The largest absolute Gasteiger partial charge is 0.341 e. The van der Waals surface area contributed by atoms with E-state index in [-0.39, 0.29) is 30.2 Å². The van der Waals surface area contributed by atoms with Crippen molar-refractivity contribution in [2.75, 3.05) is 32.7 Å². The van der Waals surface area contributed by atoms with Crippen LogP contribution in [0.25, 0.3) is 0 Å². The van der Waals surface area contributed by atoms with Crippen LogP contribution in [0.5, 0.6) is 0 Å². The Labute approximate surface area is 636 Å². The van der Waals surface area contributed by atoms with Crippen molar-refractivity contribution in [3.8, 4) is 0 Å². The maximum absolute atomic E-state index is 14.8. The number of hydrogen-bond donors (Lipinski definition) is 3. The van der Waals surface area contributed by atoms with Crippen LogP contribution in [-0.4, -0.2) is 98.7 Å². The van der Waals surface area contributed by atoms with Crippen molar-refractivity contribution in [3.63, 3.8) is 0 Å². The molecule has 0 spiro atoms. The third-order valence-corrected chi connectivity index (χ3v) is 21.5. The molecule has 1 aliphatic rings. The molecule has 588 valence electrons. The van der Waals surface area contributed by atoms with Gasteiger partial charge in [-0.2, -0.15) is 14.8 Å². The monoisotopic (exact) mass is 1440 g/mol. The molecule has 104 heavy (non-hydrogen) atoms. The van der Waals surface area contributed by atoms with Crippen molar-refractivity contribution in [1.82, 2.24) is 30.0 Å². The van der Waals surface area contributed by atoms with E-state index in [9.17, 15) is 19.2 Å². The molecule has 1 aromatic heterocycles. The fourth-order valence-corrected chi connectivity index (χ4v) is 14.7. The Morgan fingerprint density at radius 2 is 0.654 bits per heavy atom. The first-order chi connectivity index (χ1) is 51.3. The lowest BCUT2D eigenvalue weighted by atomic mass is 10.0. The van der Waals surface area contributed by atoms with Crippen molar-refractivity contribution in [3.05, 3.63) is 90.8 Å². The topological polar surface area (TPSA) is 161 Å². The molecule has 0 saturated carbocycles. The molecule has 1 aliphatic heterocycles. The lowest BCUT2D eigenvalue weighted by Gasteiger charge is -2.28. The molecule has 4 N–H and O–H groups in total. The molecule has 4 rings (SSSR count). The number of azo groups is 1. The van der Waals surface area contributed by atoms with Gasteiger partial charge in [0.25, 0.3) is 17.7 Å². The molecule has 2 heterocycles. The molecule has 0 bridgehead atoms. The number of imidazole rings is 1. The van der Waals surface area contributed by atoms with Gasteiger partial charge in [0.05, 0.1) is 24.2 Å². The number of carbonyl (C=O) groups is 4. The van der Waals surface area contributed by atoms with Crippen LogP contribution in [0, 0.1) is 0 Å². The normalized spacial score (nSPS) is 12.7. The zero-order valence-corrected chi connectivity index (χ0v) is 67.4. The SMILES string of the molecule is CCCCCCCCCCCCCCCCN(CCCCCCCCCCCCCCCC)C(=O)[C@H](Cn1ccnc1)NC(=O)c1ccc(N=Nc2ccc(C(=O)N[C@@H](C[N+]3=C[NH2+]C=C3)C(=O)N(CCCCCCCCCCCCCCCC)CCCCCCCCCCCCCCCC)cc2)cc1. The molecular formula is C90H156N10O4+2. The number of rotatable bonds is 72. The Hall–Kier alpha value is -5.50. The van der Waals surface area contributed by atoms with Gasteiger partial charge < -0.3 is 25.0 Å². The van der Waals surface area contributed by atoms with Gasteiger partial charge in [-0.05, 0) is 74.2 Å². The van der Waals surface area contributed by atoms with Crippen LogP contribution in [0.1, 0.15) is 408 Å². The maximum Gasteiger partial charge on any atom is 0.333 e. The Bertz CT molecular complexity index is 2560. The first kappa shape index (κ1) is 90.9. The molecule has 0 radical (unpaired) electrons. The van der Waals surface area contributed by atoms with Gasteiger partial charge in [-0.1, -0.05) is 362 Å². The minimum atomic E-state index is -0.771. The number of quaternary nitrogens is 1. The number of benzene rings is 2. The van der Waals surface area contributed by atoms with Crippen molar-refractivity contribution in [2.45, 2.75) is 406 Å². The Morgan fingerprint density at radius 3 is 0.913 bits per heavy atom. The summed E-state index contributed by atoms with van der Waals surface area (Å²) in [6.07, 6.45) is 83.3. The Balaban J connectivity index is 1.34. The number of hydrogen-bond acceptors (Lipinski definition) is 7. The van der Waals surface area contributed by atoms with Crippen molar-refractivity contribution < 1.29 is 29.1 Å². The predicted molar refractivity (Wildman–Crippen MR) is 438 cm³/mol. The molecule has 2 aromatic carbocycles. The van der Waals surface area contributed by atoms with Crippen LogP contribution >= 0.6 is 0 Å². The summed E-state index contributed by atoms with van der Waals surface area (Å²) in [5.74, 6) is -0.694. The van der Waals surface area contributed by atoms with Crippen LogP contribution in [0.3, 0.4) is 0 Å². The highest BCUT2D eigenvalue weighted by Gasteiger charge is 2.32. The van der Waals surface area contributed by atoms with E-state index < -0.39 is 12.1 Å². The average molecular weight is 1440 g/mol. The number of carbonyl (C=O) groups excluding carboxylic acids is 4. The lowest BCUT2D eigenvalue weighted by Crippen LogP contribution is -2.75. The highest BCUT2D eigenvalue weighted by atomic mass is 16.2. The molecule has 14 heteroatoms. The van der Waals surface area contributed by atoms with Crippen LogP contribution in [0.15, 0.2) is 89.9 Å². The predicted octanol–water partition coefficient (Wildman–Crippen LogP) is 23.9. The van der Waals surface area contributed by atoms with Crippen molar-refractivity contribution in [2.24, 2.45) is 10.2 Å². The summed E-state index contributed by atoms with van der Waals surface area (Å²) >= 11 is 0. The molecule has 0 fully saturated rings. The van der Waals surface area contributed by atoms with Gasteiger partial charge in [-0.25, -0.2) is 10.3 Å². The number of amides is 4. The first-order valence-corrected chi connectivity index (χ1v) is 44.1. The summed E-state index contributed by atoms with van der Waals surface area (Å²) in [4.78, 5) is 66.3. The molecule has 0 aliphatic carbocycles. The van der Waals surface area contributed by atoms with E-state index in [0.717, 1.165) is 51.4 Å². The van der Waals surface area contributed by atoms with E-state index in [4.69, 9.17) is 0 Å². The van der Waals surface area contributed by atoms with Gasteiger partial charge in [-0.3, -0.25) is 19.2 Å². The van der Waals surface area contributed by atoms with Gasteiger partial charge in [0.1, 0.15) is 6.04 Å². The van der Waals surface area contributed by atoms with Gasteiger partial charge in [0.2, 0.25) is 12.1 Å². The molecule has 14 nitrogen and oxygen atoms in total. The average Bonchev–Trinajstić information content (AvgIpc) is 1.03. The lowest BCUT2D eigenvalue weighted by molar-refractivity contribution is -0.517. The fraction of sp³-hybridized carbons (Fsp3) is 0.756. The number of nitrogens with one attached hydrogen (secondary N) is 2. The number of nitrogens with two attached hydrogens (primary N) is 1. The van der Waals surface area contributed by atoms with Crippen molar-refractivity contribution >= 4 is 41.3 Å².